The third-order valence-electron chi connectivity index (χ3n) is 2.32. The molecule has 0 amide bonds. The number of fused-ring (bicyclic) bond motifs is 1. The van der Waals surface area contributed by atoms with Gasteiger partial charge in [0.15, 0.2) is 11.0 Å². The molecule has 1 aromatic carbocycles. The summed E-state index contributed by atoms with van der Waals surface area (Å²) >= 11 is 0. The van der Waals surface area contributed by atoms with Gasteiger partial charge in [-0.2, -0.15) is 0 Å². The Kier molecular flexibility index (Phi) is 2.18. The molecule has 3 nitrogen and oxygen atoms in total. The number of hydrogen-bond donors (Lipinski definition) is 0. The van der Waals surface area contributed by atoms with Crippen LogP contribution in [0.25, 0.3) is 11.0 Å². The third kappa shape index (κ3) is 1.96. The molecule has 1 aromatic heterocycles. The van der Waals surface area contributed by atoms with Gasteiger partial charge in [0.05, 0.1) is 6.54 Å². The quantitative estimate of drug-likeness (QED) is 0.518. The summed E-state index contributed by atoms with van der Waals surface area (Å²) in [6.45, 7) is 7.34. The second-order valence-electron chi connectivity index (χ2n) is 5.12. The Hall–Kier alpha value is -1.51. The average molecular weight is 204 g/mol. The van der Waals surface area contributed by atoms with Crippen molar-refractivity contribution in [2.75, 3.05) is 0 Å². The summed E-state index contributed by atoms with van der Waals surface area (Å²) in [5.41, 5.74) is 1.92. The van der Waals surface area contributed by atoms with E-state index in [1.807, 2.05) is 28.8 Å². The largest absolute Gasteiger partial charge is 0.710 e. The number of para-hydroxylation sites is 2. The Morgan fingerprint density at radius 2 is 1.93 bits per heavy atom. The predicted molar refractivity (Wildman–Crippen MR) is 60.4 cm³/mol. The van der Waals surface area contributed by atoms with Gasteiger partial charge < -0.3 is 5.21 Å². The smallest absolute Gasteiger partial charge is 0.247 e. The highest BCUT2D eigenvalue weighted by Crippen LogP contribution is 2.19. The Labute approximate surface area is 89.5 Å². The van der Waals surface area contributed by atoms with Crippen LogP contribution in [0.1, 0.15) is 20.8 Å². The molecule has 0 bridgehead atoms. The van der Waals surface area contributed by atoms with Crippen LogP contribution >= 0.6 is 0 Å². The number of rotatable bonds is 1. The first kappa shape index (κ1) is 10.0. The minimum absolute atomic E-state index is 0.175. The molecule has 0 aliphatic heterocycles. The maximum absolute atomic E-state index is 11.6. The van der Waals surface area contributed by atoms with Crippen molar-refractivity contribution in [3.8, 4) is 0 Å². The number of hydrogen-bond acceptors (Lipinski definition) is 1. The SMILES string of the molecule is CC(C)(C)Cn1c[n+]([O-])c2ccccc21. The van der Waals surface area contributed by atoms with Crippen molar-refractivity contribution in [2.24, 2.45) is 5.41 Å². The molecule has 2 aromatic rings. The maximum Gasteiger partial charge on any atom is 0.247 e. The van der Waals surface area contributed by atoms with Crippen molar-refractivity contribution < 1.29 is 4.73 Å². The minimum Gasteiger partial charge on any atom is -0.710 e. The monoisotopic (exact) mass is 204 g/mol. The van der Waals surface area contributed by atoms with Crippen LogP contribution in [-0.4, -0.2) is 4.57 Å². The molecule has 0 unspecified atom stereocenters. The van der Waals surface area contributed by atoms with Crippen LogP contribution in [0.4, 0.5) is 0 Å². The van der Waals surface area contributed by atoms with Crippen LogP contribution in [0.3, 0.4) is 0 Å². The molecule has 0 N–H and O–H groups in total. The first-order valence-corrected chi connectivity index (χ1v) is 5.14. The molecule has 1 heterocycles. The normalized spacial score (nSPS) is 12.2. The average Bonchev–Trinajstić information content (AvgIpc) is 2.42. The van der Waals surface area contributed by atoms with Crippen molar-refractivity contribution in [3.63, 3.8) is 0 Å². The Morgan fingerprint density at radius 1 is 1.27 bits per heavy atom. The molecule has 80 valence electrons. The number of imidazole rings is 1. The molecule has 15 heavy (non-hydrogen) atoms. The van der Waals surface area contributed by atoms with E-state index in [1.165, 1.54) is 0 Å². The van der Waals surface area contributed by atoms with Gasteiger partial charge in [-0.1, -0.05) is 32.9 Å². The van der Waals surface area contributed by atoms with Gasteiger partial charge in [0.2, 0.25) is 6.33 Å². The van der Waals surface area contributed by atoms with Crippen LogP contribution in [0.15, 0.2) is 30.6 Å². The van der Waals surface area contributed by atoms with E-state index in [2.05, 4.69) is 20.8 Å². The van der Waals surface area contributed by atoms with E-state index < -0.39 is 0 Å². The second kappa shape index (κ2) is 3.26. The summed E-state index contributed by atoms with van der Waals surface area (Å²) in [6, 6.07) is 7.68. The molecule has 0 fully saturated rings. The molecular weight excluding hydrogens is 188 g/mol. The van der Waals surface area contributed by atoms with E-state index in [9.17, 15) is 5.21 Å². The zero-order valence-corrected chi connectivity index (χ0v) is 9.40. The first-order valence-electron chi connectivity index (χ1n) is 5.14. The van der Waals surface area contributed by atoms with Crippen LogP contribution in [0.5, 0.6) is 0 Å². The lowest BCUT2D eigenvalue weighted by Crippen LogP contribution is -2.24. The van der Waals surface area contributed by atoms with Gasteiger partial charge in [-0.15, -0.1) is 0 Å². The van der Waals surface area contributed by atoms with E-state index in [0.29, 0.717) is 0 Å². The summed E-state index contributed by atoms with van der Waals surface area (Å²) in [6.07, 6.45) is 1.62. The second-order valence-corrected chi connectivity index (χ2v) is 5.12. The molecule has 0 spiro atoms. The lowest BCUT2D eigenvalue weighted by Gasteiger charge is -2.15. The van der Waals surface area contributed by atoms with Crippen LogP contribution < -0.4 is 4.73 Å². The van der Waals surface area contributed by atoms with E-state index in [-0.39, 0.29) is 5.41 Å². The molecule has 3 heteroatoms. The molecule has 0 radical (unpaired) electrons. The molecule has 0 saturated carbocycles. The summed E-state index contributed by atoms with van der Waals surface area (Å²) in [5.74, 6) is 0. The Bertz CT molecular complexity index is 480. The van der Waals surface area contributed by atoms with Gasteiger partial charge in [-0.3, -0.25) is 0 Å². The fraction of sp³-hybridized carbons (Fsp3) is 0.417. The first-order chi connectivity index (χ1) is 6.97. The summed E-state index contributed by atoms with van der Waals surface area (Å²) in [7, 11) is 0. The Morgan fingerprint density at radius 3 is 2.60 bits per heavy atom. The Balaban J connectivity index is 2.53. The molecule has 0 aliphatic carbocycles. The molecule has 0 saturated heterocycles. The number of benzene rings is 1. The minimum atomic E-state index is 0.175. The van der Waals surface area contributed by atoms with Gasteiger partial charge >= 0.3 is 0 Å². The van der Waals surface area contributed by atoms with Gasteiger partial charge in [0.1, 0.15) is 0 Å². The fourth-order valence-corrected chi connectivity index (χ4v) is 1.78. The van der Waals surface area contributed by atoms with Crippen molar-refractivity contribution in [2.45, 2.75) is 27.3 Å². The third-order valence-corrected chi connectivity index (χ3v) is 2.32. The summed E-state index contributed by atoms with van der Waals surface area (Å²) in [5, 5.41) is 11.6. The van der Waals surface area contributed by atoms with Crippen LogP contribution in [0, 0.1) is 10.6 Å². The zero-order valence-electron chi connectivity index (χ0n) is 9.40. The summed E-state index contributed by atoms with van der Waals surface area (Å²) in [4.78, 5) is 0. The standard InChI is InChI=1S/C12H16N2O/c1-12(2,3)8-13-9-14(15)11-7-5-4-6-10(11)13/h4-7,9H,8H2,1-3H3. The van der Waals surface area contributed by atoms with Gasteiger partial charge in [0.25, 0.3) is 0 Å². The number of nitrogens with zero attached hydrogens (tertiary/aromatic N) is 2. The highest BCUT2D eigenvalue weighted by Gasteiger charge is 2.18. The van der Waals surface area contributed by atoms with E-state index in [1.54, 1.807) is 6.33 Å². The fourth-order valence-electron chi connectivity index (χ4n) is 1.78. The molecule has 0 atom stereocenters. The highest BCUT2D eigenvalue weighted by molar-refractivity contribution is 5.71. The van der Waals surface area contributed by atoms with E-state index in [4.69, 9.17) is 0 Å². The molecule has 2 rings (SSSR count). The van der Waals surface area contributed by atoms with Gasteiger partial charge in [-0.05, 0) is 17.5 Å². The number of aromatic nitrogens is 2. The van der Waals surface area contributed by atoms with Crippen molar-refractivity contribution >= 4 is 11.0 Å². The predicted octanol–water partition coefficient (Wildman–Crippen LogP) is 2.32. The van der Waals surface area contributed by atoms with Gasteiger partial charge in [0, 0.05) is 0 Å². The molecule has 0 aliphatic rings. The maximum atomic E-state index is 11.6. The topological polar surface area (TPSA) is 31.9 Å². The van der Waals surface area contributed by atoms with Crippen LogP contribution in [-0.2, 0) is 6.54 Å². The lowest BCUT2D eigenvalue weighted by molar-refractivity contribution is -0.578. The van der Waals surface area contributed by atoms with Crippen LogP contribution in [0.2, 0.25) is 0 Å². The highest BCUT2D eigenvalue weighted by atomic mass is 16.5. The molecular formula is C12H16N2O. The van der Waals surface area contributed by atoms with Crippen molar-refractivity contribution in [1.82, 2.24) is 4.57 Å². The van der Waals surface area contributed by atoms with E-state index in [0.717, 1.165) is 22.3 Å². The van der Waals surface area contributed by atoms with Gasteiger partial charge in [-0.25, -0.2) is 9.30 Å². The summed E-state index contributed by atoms with van der Waals surface area (Å²) < 4.78 is 2.95. The van der Waals surface area contributed by atoms with Crippen molar-refractivity contribution in [1.29, 1.82) is 0 Å². The lowest BCUT2D eigenvalue weighted by atomic mass is 9.97. The van der Waals surface area contributed by atoms with E-state index >= 15 is 0 Å². The van der Waals surface area contributed by atoms with Crippen molar-refractivity contribution in [3.05, 3.63) is 35.8 Å². The zero-order chi connectivity index (χ0) is 11.1.